The highest BCUT2D eigenvalue weighted by Gasteiger charge is 2.38. The van der Waals surface area contributed by atoms with Crippen molar-refractivity contribution in [2.24, 2.45) is 5.92 Å². The highest BCUT2D eigenvalue weighted by Crippen LogP contribution is 2.27. The van der Waals surface area contributed by atoms with Gasteiger partial charge in [0.1, 0.15) is 5.82 Å². The molecular formula is C19H26FN3O2. The van der Waals surface area contributed by atoms with Gasteiger partial charge < -0.3 is 9.80 Å². The van der Waals surface area contributed by atoms with Gasteiger partial charge in [-0.15, -0.1) is 0 Å². The maximum absolute atomic E-state index is 13.1. The van der Waals surface area contributed by atoms with Crippen molar-refractivity contribution in [2.75, 3.05) is 37.6 Å². The normalized spacial score (nSPS) is 22.6. The fourth-order valence-electron chi connectivity index (χ4n) is 3.60. The lowest BCUT2D eigenvalue weighted by atomic mass is 10.0. The molecule has 1 aromatic carbocycles. The molecule has 1 unspecified atom stereocenters. The largest absolute Gasteiger partial charge is 0.340 e. The van der Waals surface area contributed by atoms with Crippen LogP contribution >= 0.6 is 0 Å². The maximum Gasteiger partial charge on any atom is 0.228 e. The minimum Gasteiger partial charge on any atom is -0.340 e. The van der Waals surface area contributed by atoms with Crippen molar-refractivity contribution in [3.05, 3.63) is 30.1 Å². The van der Waals surface area contributed by atoms with Crippen molar-refractivity contribution in [2.45, 2.75) is 32.7 Å². The Balaban J connectivity index is 1.61. The molecule has 0 radical (unpaired) electrons. The van der Waals surface area contributed by atoms with Crippen molar-refractivity contribution < 1.29 is 14.0 Å². The van der Waals surface area contributed by atoms with Gasteiger partial charge in [-0.1, -0.05) is 0 Å². The number of anilines is 1. The van der Waals surface area contributed by atoms with Gasteiger partial charge in [-0.3, -0.25) is 14.5 Å². The first-order valence-electron chi connectivity index (χ1n) is 8.85. The molecule has 136 valence electrons. The molecule has 25 heavy (non-hydrogen) atoms. The van der Waals surface area contributed by atoms with E-state index < -0.39 is 0 Å². The zero-order valence-corrected chi connectivity index (χ0v) is 15.2. The van der Waals surface area contributed by atoms with Crippen molar-refractivity contribution in [1.82, 2.24) is 9.80 Å². The van der Waals surface area contributed by atoms with Crippen LogP contribution in [0.4, 0.5) is 10.1 Å². The molecule has 0 aliphatic carbocycles. The lowest BCUT2D eigenvalue weighted by molar-refractivity contribution is -0.138. The number of rotatable bonds is 2. The van der Waals surface area contributed by atoms with Crippen LogP contribution in [-0.4, -0.2) is 59.9 Å². The molecule has 5 nitrogen and oxygen atoms in total. The number of piperazine rings is 1. The lowest BCUT2D eigenvalue weighted by Gasteiger charge is -2.42. The third-order valence-electron chi connectivity index (χ3n) is 5.15. The van der Waals surface area contributed by atoms with E-state index in [4.69, 9.17) is 0 Å². The van der Waals surface area contributed by atoms with Crippen molar-refractivity contribution in [1.29, 1.82) is 0 Å². The zero-order valence-electron chi connectivity index (χ0n) is 15.2. The summed E-state index contributed by atoms with van der Waals surface area (Å²) in [5.41, 5.74) is 0.761. The van der Waals surface area contributed by atoms with E-state index in [1.165, 1.54) is 12.1 Å². The molecule has 2 fully saturated rings. The van der Waals surface area contributed by atoms with E-state index in [0.29, 0.717) is 25.3 Å². The minimum atomic E-state index is -0.334. The molecule has 0 N–H and O–H groups in total. The van der Waals surface area contributed by atoms with Crippen molar-refractivity contribution in [3.63, 3.8) is 0 Å². The molecule has 3 rings (SSSR count). The second kappa shape index (κ2) is 6.75. The van der Waals surface area contributed by atoms with E-state index in [2.05, 4.69) is 25.7 Å². The number of hydrogen-bond donors (Lipinski definition) is 0. The SMILES string of the molecule is CC(C)(C)N1CCN(C(=O)C2CC(=O)N(c3ccc(F)cc3)C2)CC1. The summed E-state index contributed by atoms with van der Waals surface area (Å²) in [4.78, 5) is 30.9. The molecule has 2 amide bonds. The summed E-state index contributed by atoms with van der Waals surface area (Å²) < 4.78 is 13.1. The van der Waals surface area contributed by atoms with Gasteiger partial charge in [-0.05, 0) is 45.0 Å². The Morgan fingerprint density at radius 1 is 1.08 bits per heavy atom. The summed E-state index contributed by atoms with van der Waals surface area (Å²) in [6, 6.07) is 5.84. The molecule has 2 saturated heterocycles. The van der Waals surface area contributed by atoms with E-state index in [1.807, 2.05) is 4.90 Å². The van der Waals surface area contributed by atoms with E-state index in [9.17, 15) is 14.0 Å². The average Bonchev–Trinajstić information content (AvgIpc) is 2.96. The first-order valence-corrected chi connectivity index (χ1v) is 8.85. The van der Waals surface area contributed by atoms with Crippen LogP contribution in [0.15, 0.2) is 24.3 Å². The van der Waals surface area contributed by atoms with Crippen LogP contribution in [0.1, 0.15) is 27.2 Å². The fraction of sp³-hybridized carbons (Fsp3) is 0.579. The van der Waals surface area contributed by atoms with E-state index in [1.54, 1.807) is 17.0 Å². The predicted octanol–water partition coefficient (Wildman–Crippen LogP) is 2.12. The summed E-state index contributed by atoms with van der Waals surface area (Å²) in [6.45, 7) is 10.1. The molecule has 1 atom stereocenters. The quantitative estimate of drug-likeness (QED) is 0.823. The van der Waals surface area contributed by atoms with Gasteiger partial charge in [-0.2, -0.15) is 0 Å². The van der Waals surface area contributed by atoms with Crippen LogP contribution in [0.2, 0.25) is 0 Å². The van der Waals surface area contributed by atoms with Gasteiger partial charge in [0.2, 0.25) is 11.8 Å². The van der Waals surface area contributed by atoms with Crippen LogP contribution in [0.25, 0.3) is 0 Å². The number of amides is 2. The summed E-state index contributed by atoms with van der Waals surface area (Å²) in [5.74, 6) is -0.650. The zero-order chi connectivity index (χ0) is 18.2. The van der Waals surface area contributed by atoms with Crippen LogP contribution in [0.5, 0.6) is 0 Å². The van der Waals surface area contributed by atoms with Gasteiger partial charge in [0.15, 0.2) is 0 Å². The molecule has 2 aliphatic rings. The Kier molecular flexibility index (Phi) is 4.82. The van der Waals surface area contributed by atoms with Gasteiger partial charge >= 0.3 is 0 Å². The van der Waals surface area contributed by atoms with Crippen molar-refractivity contribution >= 4 is 17.5 Å². The summed E-state index contributed by atoms with van der Waals surface area (Å²) in [7, 11) is 0. The number of benzene rings is 1. The third kappa shape index (κ3) is 3.84. The van der Waals surface area contributed by atoms with Crippen molar-refractivity contribution in [3.8, 4) is 0 Å². The summed E-state index contributed by atoms with van der Waals surface area (Å²) in [6.07, 6.45) is 0.232. The number of nitrogens with zero attached hydrogens (tertiary/aromatic N) is 3. The van der Waals surface area contributed by atoms with Gasteiger partial charge in [0.25, 0.3) is 0 Å². The standard InChI is InChI=1S/C19H26FN3O2/c1-19(2,3)22-10-8-21(9-11-22)18(25)14-12-17(24)23(13-14)16-6-4-15(20)5-7-16/h4-7,14H,8-13H2,1-3H3. The van der Waals surface area contributed by atoms with Crippen LogP contribution < -0.4 is 4.90 Å². The van der Waals surface area contributed by atoms with Crippen LogP contribution in [0.3, 0.4) is 0 Å². The summed E-state index contributed by atoms with van der Waals surface area (Å²) >= 11 is 0. The Morgan fingerprint density at radius 2 is 1.68 bits per heavy atom. The van der Waals surface area contributed by atoms with Gasteiger partial charge in [0, 0.05) is 50.4 Å². The summed E-state index contributed by atoms with van der Waals surface area (Å²) in [5, 5.41) is 0. The maximum atomic E-state index is 13.1. The molecule has 0 bridgehead atoms. The van der Waals surface area contributed by atoms with Crippen LogP contribution in [0, 0.1) is 11.7 Å². The average molecular weight is 347 g/mol. The number of carbonyl (C=O) groups is 2. The predicted molar refractivity (Wildman–Crippen MR) is 94.8 cm³/mol. The van der Waals surface area contributed by atoms with Gasteiger partial charge in [0.05, 0.1) is 5.92 Å². The van der Waals surface area contributed by atoms with Crippen LogP contribution in [-0.2, 0) is 9.59 Å². The molecule has 2 heterocycles. The second-order valence-corrected chi connectivity index (χ2v) is 7.86. The minimum absolute atomic E-state index is 0.0616. The molecule has 6 heteroatoms. The van der Waals surface area contributed by atoms with E-state index in [-0.39, 0.29) is 35.5 Å². The van der Waals surface area contributed by atoms with Gasteiger partial charge in [-0.25, -0.2) is 4.39 Å². The Bertz CT molecular complexity index is 646. The topological polar surface area (TPSA) is 43.9 Å². The monoisotopic (exact) mass is 347 g/mol. The first-order chi connectivity index (χ1) is 11.8. The number of halogens is 1. The molecule has 0 spiro atoms. The highest BCUT2D eigenvalue weighted by molar-refractivity contribution is 6.00. The number of carbonyl (C=O) groups excluding carboxylic acids is 2. The Hall–Kier alpha value is -1.95. The molecular weight excluding hydrogens is 321 g/mol. The van der Waals surface area contributed by atoms with E-state index >= 15 is 0 Å². The first kappa shape index (κ1) is 17.9. The number of hydrogen-bond acceptors (Lipinski definition) is 3. The fourth-order valence-corrected chi connectivity index (χ4v) is 3.60. The molecule has 0 saturated carbocycles. The molecule has 0 aromatic heterocycles. The third-order valence-corrected chi connectivity index (χ3v) is 5.15. The Morgan fingerprint density at radius 3 is 2.24 bits per heavy atom. The second-order valence-electron chi connectivity index (χ2n) is 7.86. The smallest absolute Gasteiger partial charge is 0.228 e. The Labute approximate surface area is 148 Å². The van der Waals surface area contributed by atoms with E-state index in [0.717, 1.165) is 13.1 Å². The highest BCUT2D eigenvalue weighted by atomic mass is 19.1. The molecule has 2 aliphatic heterocycles. The molecule has 1 aromatic rings. The lowest BCUT2D eigenvalue weighted by Crippen LogP contribution is -2.55.